The van der Waals surface area contributed by atoms with Gasteiger partial charge in [-0.05, 0) is 56.8 Å². The predicted octanol–water partition coefficient (Wildman–Crippen LogP) is 1.87. The number of nitrogens with one attached hydrogen (secondary N) is 2. The van der Waals surface area contributed by atoms with Gasteiger partial charge in [0.25, 0.3) is 0 Å². The largest absolute Gasteiger partial charge is 0.316 e. The molecule has 2 heteroatoms. The van der Waals surface area contributed by atoms with Crippen molar-refractivity contribution in [1.29, 1.82) is 0 Å². The van der Waals surface area contributed by atoms with Crippen LogP contribution in [-0.4, -0.2) is 26.2 Å². The van der Waals surface area contributed by atoms with Crippen LogP contribution in [-0.2, 0) is 0 Å². The van der Waals surface area contributed by atoms with E-state index in [1.165, 1.54) is 39.0 Å². The number of piperidine rings is 2. The van der Waals surface area contributed by atoms with Crippen molar-refractivity contribution in [2.75, 3.05) is 26.2 Å². The lowest BCUT2D eigenvalue weighted by Crippen LogP contribution is -2.46. The Kier molecular flexibility index (Phi) is 5.49. The van der Waals surface area contributed by atoms with Gasteiger partial charge in [-0.1, -0.05) is 20.8 Å². The summed E-state index contributed by atoms with van der Waals surface area (Å²) >= 11 is 0. The number of rotatable bonds is 0. The van der Waals surface area contributed by atoms with Gasteiger partial charge in [0.15, 0.2) is 0 Å². The van der Waals surface area contributed by atoms with E-state index in [0.29, 0.717) is 0 Å². The van der Waals surface area contributed by atoms with Crippen LogP contribution in [0, 0.1) is 17.8 Å². The highest BCUT2D eigenvalue weighted by Crippen LogP contribution is 2.24. The second-order valence-electron chi connectivity index (χ2n) is 5.24. The van der Waals surface area contributed by atoms with Crippen LogP contribution < -0.4 is 10.6 Å². The van der Waals surface area contributed by atoms with Crippen LogP contribution in [0.2, 0.25) is 0 Å². The average molecular weight is 198 g/mol. The van der Waals surface area contributed by atoms with Gasteiger partial charge in [0, 0.05) is 0 Å². The zero-order valence-electron chi connectivity index (χ0n) is 9.97. The van der Waals surface area contributed by atoms with E-state index < -0.39 is 0 Å². The van der Waals surface area contributed by atoms with Gasteiger partial charge in [-0.3, -0.25) is 0 Å². The monoisotopic (exact) mass is 198 g/mol. The molecule has 0 spiro atoms. The van der Waals surface area contributed by atoms with Crippen LogP contribution in [0.4, 0.5) is 0 Å². The maximum Gasteiger partial charge on any atom is -0.000570 e. The molecule has 0 amide bonds. The minimum Gasteiger partial charge on any atom is -0.316 e. The Bertz CT molecular complexity index is 117. The van der Waals surface area contributed by atoms with Gasteiger partial charge >= 0.3 is 0 Å². The lowest BCUT2D eigenvalue weighted by atomic mass is 9.82. The van der Waals surface area contributed by atoms with E-state index in [4.69, 9.17) is 0 Å². The van der Waals surface area contributed by atoms with Crippen molar-refractivity contribution in [3.8, 4) is 0 Å². The summed E-state index contributed by atoms with van der Waals surface area (Å²) in [5, 5.41) is 6.89. The fourth-order valence-electron chi connectivity index (χ4n) is 2.17. The Morgan fingerprint density at radius 1 is 0.857 bits per heavy atom. The summed E-state index contributed by atoms with van der Waals surface area (Å²) in [5.74, 6) is 2.80. The maximum atomic E-state index is 3.44. The summed E-state index contributed by atoms with van der Waals surface area (Å²) in [4.78, 5) is 0. The summed E-state index contributed by atoms with van der Waals surface area (Å²) < 4.78 is 0. The first-order chi connectivity index (χ1) is 6.70. The van der Waals surface area contributed by atoms with E-state index in [9.17, 15) is 0 Å². The van der Waals surface area contributed by atoms with Crippen molar-refractivity contribution in [3.05, 3.63) is 0 Å². The third-order valence-corrected chi connectivity index (χ3v) is 2.86. The van der Waals surface area contributed by atoms with E-state index in [2.05, 4.69) is 31.4 Å². The van der Waals surface area contributed by atoms with Crippen LogP contribution in [0.5, 0.6) is 0 Å². The van der Waals surface area contributed by atoms with Gasteiger partial charge in [-0.2, -0.15) is 0 Å². The molecule has 2 fully saturated rings. The van der Waals surface area contributed by atoms with Gasteiger partial charge in [-0.25, -0.2) is 0 Å². The highest BCUT2D eigenvalue weighted by Gasteiger charge is 2.26. The Hall–Kier alpha value is -0.0800. The van der Waals surface area contributed by atoms with E-state index in [0.717, 1.165) is 17.8 Å². The molecule has 2 nitrogen and oxygen atoms in total. The lowest BCUT2D eigenvalue weighted by molar-refractivity contribution is 0.200. The smallest absolute Gasteiger partial charge is 0.000570 e. The Labute approximate surface area is 88.8 Å². The first kappa shape index (κ1) is 12.0. The highest BCUT2D eigenvalue weighted by molar-refractivity contribution is 4.83. The van der Waals surface area contributed by atoms with E-state index in [-0.39, 0.29) is 0 Å². The van der Waals surface area contributed by atoms with Crippen molar-refractivity contribution in [2.45, 2.75) is 33.6 Å². The molecule has 0 unspecified atom stereocenters. The van der Waals surface area contributed by atoms with Gasteiger partial charge in [0.1, 0.15) is 0 Å². The fraction of sp³-hybridized carbons (Fsp3) is 1.00. The molecular weight excluding hydrogens is 172 g/mol. The molecule has 2 rings (SSSR count). The summed E-state index contributed by atoms with van der Waals surface area (Å²) in [6.07, 6.45) is 2.82. The molecule has 0 aromatic carbocycles. The molecule has 2 saturated heterocycles. The number of hydrogen-bond donors (Lipinski definition) is 2. The minimum atomic E-state index is 0.833. The van der Waals surface area contributed by atoms with Gasteiger partial charge in [0.2, 0.25) is 0 Å². The lowest BCUT2D eigenvalue weighted by Gasteiger charge is -2.36. The molecule has 0 atom stereocenters. The predicted molar refractivity (Wildman–Crippen MR) is 62.5 cm³/mol. The standard InChI is InChI=1S/C8H16N2.C4H10/c1-3-9-5-8-6-10-4-2-7(1)8;1-4(2)3/h7-10H,1-6H2;4H,1-3H3. The molecule has 2 heterocycles. The summed E-state index contributed by atoms with van der Waals surface area (Å²) in [6.45, 7) is 11.5. The van der Waals surface area contributed by atoms with Crippen molar-refractivity contribution in [1.82, 2.24) is 10.6 Å². The molecule has 14 heavy (non-hydrogen) atoms. The normalized spacial score (nSPS) is 31.7. The van der Waals surface area contributed by atoms with Crippen molar-refractivity contribution in [2.24, 2.45) is 17.8 Å². The van der Waals surface area contributed by atoms with Crippen molar-refractivity contribution >= 4 is 0 Å². The molecule has 84 valence electrons. The molecule has 0 aromatic heterocycles. The Morgan fingerprint density at radius 2 is 1.29 bits per heavy atom. The van der Waals surface area contributed by atoms with E-state index in [1.54, 1.807) is 0 Å². The molecule has 0 saturated carbocycles. The molecule has 0 bridgehead atoms. The first-order valence-electron chi connectivity index (χ1n) is 6.11. The van der Waals surface area contributed by atoms with Crippen LogP contribution in [0.15, 0.2) is 0 Å². The third kappa shape index (κ3) is 4.43. The van der Waals surface area contributed by atoms with Gasteiger partial charge < -0.3 is 10.6 Å². The molecular formula is C12H26N2. The Morgan fingerprint density at radius 3 is 1.64 bits per heavy atom. The third-order valence-electron chi connectivity index (χ3n) is 2.86. The topological polar surface area (TPSA) is 24.1 Å². The number of fused-ring (bicyclic) bond motifs is 1. The van der Waals surface area contributed by atoms with Crippen molar-refractivity contribution in [3.63, 3.8) is 0 Å². The summed E-state index contributed by atoms with van der Waals surface area (Å²) in [5.41, 5.74) is 0. The van der Waals surface area contributed by atoms with Crippen LogP contribution in [0.25, 0.3) is 0 Å². The highest BCUT2D eigenvalue weighted by atomic mass is 14.9. The maximum absolute atomic E-state index is 3.44. The SMILES string of the molecule is C1CC2CCNCC2CN1.CC(C)C. The summed E-state index contributed by atoms with van der Waals surface area (Å²) in [7, 11) is 0. The number of hydrogen-bond acceptors (Lipinski definition) is 2. The molecule has 2 aliphatic heterocycles. The second-order valence-corrected chi connectivity index (χ2v) is 5.24. The second kappa shape index (κ2) is 6.41. The summed E-state index contributed by atoms with van der Waals surface area (Å²) in [6, 6.07) is 0. The van der Waals surface area contributed by atoms with Gasteiger partial charge in [-0.15, -0.1) is 0 Å². The molecule has 0 aliphatic carbocycles. The average Bonchev–Trinajstić information content (AvgIpc) is 2.17. The zero-order valence-corrected chi connectivity index (χ0v) is 9.97. The molecule has 2 aliphatic rings. The van der Waals surface area contributed by atoms with Crippen molar-refractivity contribution < 1.29 is 0 Å². The Balaban J connectivity index is 0.000000213. The molecule has 2 N–H and O–H groups in total. The quantitative estimate of drug-likeness (QED) is 0.621. The van der Waals surface area contributed by atoms with E-state index >= 15 is 0 Å². The zero-order chi connectivity index (χ0) is 10.4. The van der Waals surface area contributed by atoms with Crippen LogP contribution >= 0.6 is 0 Å². The van der Waals surface area contributed by atoms with E-state index in [1.807, 2.05) is 0 Å². The van der Waals surface area contributed by atoms with Crippen LogP contribution in [0.1, 0.15) is 33.6 Å². The van der Waals surface area contributed by atoms with Gasteiger partial charge in [0.05, 0.1) is 0 Å². The first-order valence-corrected chi connectivity index (χ1v) is 6.11. The molecule has 0 radical (unpaired) electrons. The van der Waals surface area contributed by atoms with Crippen LogP contribution in [0.3, 0.4) is 0 Å². The molecule has 0 aromatic rings. The fourth-order valence-corrected chi connectivity index (χ4v) is 2.17. The minimum absolute atomic E-state index is 0.833.